The molecule has 4 rings (SSSR count). The fourth-order valence-corrected chi connectivity index (χ4v) is 4.82. The molecule has 1 saturated heterocycles. The fourth-order valence-electron chi connectivity index (χ4n) is 4.69. The van der Waals surface area contributed by atoms with E-state index in [-0.39, 0.29) is 11.9 Å². The van der Waals surface area contributed by atoms with Gasteiger partial charge in [-0.2, -0.15) is 5.10 Å². The summed E-state index contributed by atoms with van der Waals surface area (Å²) >= 11 is 6.05. The van der Waals surface area contributed by atoms with Gasteiger partial charge in [0.1, 0.15) is 5.69 Å². The molecule has 0 spiro atoms. The number of carbonyl (C=O) groups is 1. The molecule has 0 radical (unpaired) electrons. The van der Waals surface area contributed by atoms with Gasteiger partial charge >= 0.3 is 0 Å². The highest BCUT2D eigenvalue weighted by atomic mass is 35.5. The van der Waals surface area contributed by atoms with Crippen LogP contribution in [0.5, 0.6) is 0 Å². The Morgan fingerprint density at radius 3 is 2.68 bits per heavy atom. The van der Waals surface area contributed by atoms with Gasteiger partial charge in [0.15, 0.2) is 0 Å². The first-order chi connectivity index (χ1) is 15.0. The monoisotopic (exact) mass is 440 g/mol. The standard InChI is InChI=1S/C25H33ClN4O/c1-4-5-6-7-22-17-29(16-19(3)28-13-12-18(2)15-28)25(31)24-14-23(27-30(22)24)20-8-10-21(26)11-9-20/h8-11,14,18,22H,3-7,12-13,15-17H2,1-2H3. The van der Waals surface area contributed by atoms with Crippen LogP contribution >= 0.6 is 11.6 Å². The van der Waals surface area contributed by atoms with Crippen LogP contribution < -0.4 is 0 Å². The van der Waals surface area contributed by atoms with E-state index in [1.54, 1.807) is 0 Å². The minimum Gasteiger partial charge on any atom is -0.374 e. The molecule has 1 amide bonds. The first kappa shape index (κ1) is 21.9. The van der Waals surface area contributed by atoms with Gasteiger partial charge in [-0.15, -0.1) is 0 Å². The molecular formula is C25H33ClN4O. The zero-order valence-electron chi connectivity index (χ0n) is 18.7. The number of halogens is 1. The highest BCUT2D eigenvalue weighted by molar-refractivity contribution is 6.30. The largest absolute Gasteiger partial charge is 0.374 e. The third-order valence-corrected chi connectivity index (χ3v) is 6.80. The molecule has 0 aliphatic carbocycles. The summed E-state index contributed by atoms with van der Waals surface area (Å²) in [6.45, 7) is 12.2. The number of amides is 1. The second kappa shape index (κ2) is 9.47. The van der Waals surface area contributed by atoms with Crippen LogP contribution in [-0.2, 0) is 0 Å². The van der Waals surface area contributed by atoms with Crippen LogP contribution in [0, 0.1) is 5.92 Å². The average molecular weight is 441 g/mol. The van der Waals surface area contributed by atoms with Gasteiger partial charge in [-0.1, -0.05) is 63.4 Å². The van der Waals surface area contributed by atoms with E-state index < -0.39 is 0 Å². The smallest absolute Gasteiger partial charge is 0.272 e. The van der Waals surface area contributed by atoms with E-state index in [1.807, 2.05) is 39.9 Å². The molecule has 1 fully saturated rings. The molecule has 0 saturated carbocycles. The molecule has 2 unspecified atom stereocenters. The molecule has 166 valence electrons. The Balaban J connectivity index is 1.58. The summed E-state index contributed by atoms with van der Waals surface area (Å²) in [5.74, 6) is 0.742. The maximum absolute atomic E-state index is 13.4. The summed E-state index contributed by atoms with van der Waals surface area (Å²) < 4.78 is 1.97. The van der Waals surface area contributed by atoms with Gasteiger partial charge < -0.3 is 9.80 Å². The minimum atomic E-state index is 0.0489. The van der Waals surface area contributed by atoms with Crippen LogP contribution in [0.1, 0.15) is 62.5 Å². The zero-order chi connectivity index (χ0) is 22.0. The number of benzene rings is 1. The maximum Gasteiger partial charge on any atom is 0.272 e. The van der Waals surface area contributed by atoms with Gasteiger partial charge in [0.2, 0.25) is 0 Å². The topological polar surface area (TPSA) is 41.4 Å². The van der Waals surface area contributed by atoms with E-state index in [0.717, 1.165) is 42.9 Å². The lowest BCUT2D eigenvalue weighted by atomic mass is 10.0. The molecule has 3 heterocycles. The quantitative estimate of drug-likeness (QED) is 0.499. The molecule has 1 aromatic carbocycles. The molecule has 1 aromatic heterocycles. The molecule has 31 heavy (non-hydrogen) atoms. The van der Waals surface area contributed by atoms with E-state index in [4.69, 9.17) is 16.7 Å². The molecule has 0 bridgehead atoms. The first-order valence-electron chi connectivity index (χ1n) is 11.5. The van der Waals surface area contributed by atoms with E-state index in [2.05, 4.69) is 25.3 Å². The Kier molecular flexibility index (Phi) is 6.71. The Bertz CT molecular complexity index is 935. The van der Waals surface area contributed by atoms with Crippen molar-refractivity contribution in [3.05, 3.63) is 53.3 Å². The number of unbranched alkanes of at least 4 members (excludes halogenated alkanes) is 2. The SMILES string of the molecule is C=C(CN1CC(CCCCC)n2nc(-c3ccc(Cl)cc3)cc2C1=O)N1CCC(C)C1. The van der Waals surface area contributed by atoms with Crippen molar-refractivity contribution in [3.8, 4) is 11.3 Å². The van der Waals surface area contributed by atoms with Crippen molar-refractivity contribution in [3.63, 3.8) is 0 Å². The van der Waals surface area contributed by atoms with Crippen molar-refractivity contribution < 1.29 is 4.79 Å². The summed E-state index contributed by atoms with van der Waals surface area (Å²) in [6, 6.07) is 9.78. The van der Waals surface area contributed by atoms with Crippen molar-refractivity contribution in [2.24, 2.45) is 5.92 Å². The van der Waals surface area contributed by atoms with Crippen molar-refractivity contribution in [2.75, 3.05) is 26.2 Å². The maximum atomic E-state index is 13.4. The van der Waals surface area contributed by atoms with E-state index in [1.165, 1.54) is 19.3 Å². The zero-order valence-corrected chi connectivity index (χ0v) is 19.4. The number of rotatable bonds is 8. The molecule has 2 aliphatic heterocycles. The van der Waals surface area contributed by atoms with E-state index in [0.29, 0.717) is 29.7 Å². The normalized spacial score (nSPS) is 20.9. The number of carbonyl (C=O) groups excluding carboxylic acids is 1. The van der Waals surface area contributed by atoms with Crippen molar-refractivity contribution in [1.82, 2.24) is 19.6 Å². The molecule has 2 atom stereocenters. The summed E-state index contributed by atoms with van der Waals surface area (Å²) in [5, 5.41) is 5.55. The number of aromatic nitrogens is 2. The number of likely N-dealkylation sites (tertiary alicyclic amines) is 1. The molecule has 2 aliphatic rings. The summed E-state index contributed by atoms with van der Waals surface area (Å²) in [7, 11) is 0. The third kappa shape index (κ3) is 4.82. The average Bonchev–Trinajstić information content (AvgIpc) is 3.39. The summed E-state index contributed by atoms with van der Waals surface area (Å²) in [5.41, 5.74) is 3.54. The summed E-state index contributed by atoms with van der Waals surface area (Å²) in [4.78, 5) is 17.7. The van der Waals surface area contributed by atoms with E-state index in [9.17, 15) is 4.79 Å². The van der Waals surface area contributed by atoms with Gasteiger partial charge in [0.25, 0.3) is 5.91 Å². The molecule has 0 N–H and O–H groups in total. The third-order valence-electron chi connectivity index (χ3n) is 6.54. The van der Waals surface area contributed by atoms with Crippen molar-refractivity contribution >= 4 is 17.5 Å². The van der Waals surface area contributed by atoms with Gasteiger partial charge in [0, 0.05) is 35.9 Å². The lowest BCUT2D eigenvalue weighted by Gasteiger charge is -2.35. The second-order valence-corrected chi connectivity index (χ2v) is 9.54. The highest BCUT2D eigenvalue weighted by Gasteiger charge is 2.34. The molecule has 6 heteroatoms. The Hall–Kier alpha value is -2.27. The first-order valence-corrected chi connectivity index (χ1v) is 11.9. The van der Waals surface area contributed by atoms with Crippen molar-refractivity contribution in [2.45, 2.75) is 52.0 Å². The van der Waals surface area contributed by atoms with Gasteiger partial charge in [0.05, 0.1) is 18.3 Å². The predicted octanol–water partition coefficient (Wildman–Crippen LogP) is 5.64. The number of hydrogen-bond acceptors (Lipinski definition) is 3. The molecule has 2 aromatic rings. The van der Waals surface area contributed by atoms with Crippen LogP contribution in [0.15, 0.2) is 42.6 Å². The van der Waals surface area contributed by atoms with Crippen LogP contribution in [0.4, 0.5) is 0 Å². The Labute approximate surface area is 190 Å². The fraction of sp³-hybridized carbons (Fsp3) is 0.520. The lowest BCUT2D eigenvalue weighted by Crippen LogP contribution is -2.45. The summed E-state index contributed by atoms with van der Waals surface area (Å²) in [6.07, 6.45) is 5.75. The van der Waals surface area contributed by atoms with Gasteiger partial charge in [-0.3, -0.25) is 9.48 Å². The van der Waals surface area contributed by atoms with Crippen LogP contribution in [0.2, 0.25) is 5.02 Å². The van der Waals surface area contributed by atoms with Crippen LogP contribution in [0.25, 0.3) is 11.3 Å². The number of hydrogen-bond donors (Lipinski definition) is 0. The Morgan fingerprint density at radius 1 is 1.23 bits per heavy atom. The molecule has 5 nitrogen and oxygen atoms in total. The number of nitrogens with zero attached hydrogens (tertiary/aromatic N) is 4. The van der Waals surface area contributed by atoms with Crippen LogP contribution in [0.3, 0.4) is 0 Å². The Morgan fingerprint density at radius 2 is 2.00 bits per heavy atom. The lowest BCUT2D eigenvalue weighted by molar-refractivity contribution is 0.0656. The van der Waals surface area contributed by atoms with Crippen LogP contribution in [-0.4, -0.2) is 51.7 Å². The van der Waals surface area contributed by atoms with E-state index >= 15 is 0 Å². The highest BCUT2D eigenvalue weighted by Crippen LogP contribution is 2.31. The minimum absolute atomic E-state index is 0.0489. The molecular weight excluding hydrogens is 408 g/mol. The van der Waals surface area contributed by atoms with Gasteiger partial charge in [-0.25, -0.2) is 0 Å². The second-order valence-electron chi connectivity index (χ2n) is 9.11. The van der Waals surface area contributed by atoms with Crippen molar-refractivity contribution in [1.29, 1.82) is 0 Å². The predicted molar refractivity (Wildman–Crippen MR) is 126 cm³/mol. The van der Waals surface area contributed by atoms with Gasteiger partial charge in [-0.05, 0) is 37.0 Å². The number of fused-ring (bicyclic) bond motifs is 1.